The van der Waals surface area contributed by atoms with E-state index in [2.05, 4.69) is 4.74 Å². The molecule has 1 aromatic carbocycles. The largest absolute Gasteiger partial charge is 0.479 e. The van der Waals surface area contributed by atoms with Crippen LogP contribution in [0.25, 0.3) is 0 Å². The number of hydrogen-bond donors (Lipinski definition) is 2. The average Bonchev–Trinajstić information content (AvgIpc) is 2.22. The highest BCUT2D eigenvalue weighted by Crippen LogP contribution is 2.31. The first-order valence-electron chi connectivity index (χ1n) is 4.49. The Hall–Kier alpha value is -1.76. The van der Waals surface area contributed by atoms with Crippen LogP contribution < -0.4 is 4.74 Å². The number of aliphatic hydroxyl groups excluding tert-OH is 1. The maximum absolute atomic E-state index is 13.2. The Morgan fingerprint density at radius 3 is 2.47 bits per heavy atom. The Morgan fingerprint density at radius 1 is 1.41 bits per heavy atom. The fourth-order valence-corrected chi connectivity index (χ4v) is 1.34. The van der Waals surface area contributed by atoms with E-state index in [-0.39, 0.29) is 5.56 Å². The van der Waals surface area contributed by atoms with E-state index < -0.39 is 35.8 Å². The molecule has 0 saturated carbocycles. The molecule has 94 valence electrons. The van der Waals surface area contributed by atoms with Gasteiger partial charge in [-0.05, 0) is 24.6 Å². The van der Waals surface area contributed by atoms with Gasteiger partial charge in [0.05, 0.1) is 0 Å². The number of alkyl halides is 2. The van der Waals surface area contributed by atoms with Gasteiger partial charge in [-0.15, -0.1) is 0 Å². The van der Waals surface area contributed by atoms with Gasteiger partial charge in [0.25, 0.3) is 0 Å². The number of benzene rings is 1. The van der Waals surface area contributed by atoms with Crippen molar-refractivity contribution in [2.75, 3.05) is 0 Å². The van der Waals surface area contributed by atoms with Gasteiger partial charge in [-0.2, -0.15) is 8.78 Å². The van der Waals surface area contributed by atoms with E-state index in [1.807, 2.05) is 0 Å². The molecule has 0 saturated heterocycles. The molecule has 1 aromatic rings. The normalized spacial score (nSPS) is 12.6. The van der Waals surface area contributed by atoms with Crippen molar-refractivity contribution in [2.45, 2.75) is 19.6 Å². The molecular formula is C10H9F3O4. The molecule has 17 heavy (non-hydrogen) atoms. The van der Waals surface area contributed by atoms with Crippen molar-refractivity contribution in [3.63, 3.8) is 0 Å². The zero-order valence-corrected chi connectivity index (χ0v) is 8.65. The van der Waals surface area contributed by atoms with E-state index in [0.29, 0.717) is 0 Å². The molecule has 0 aliphatic rings. The minimum absolute atomic E-state index is 0.252. The molecule has 1 unspecified atom stereocenters. The van der Waals surface area contributed by atoms with Gasteiger partial charge < -0.3 is 14.9 Å². The number of carboxylic acids is 1. The van der Waals surface area contributed by atoms with Crippen molar-refractivity contribution < 1.29 is 32.9 Å². The Labute approximate surface area is 94.3 Å². The SMILES string of the molecule is Cc1c(F)ccc(OC(F)F)c1C(O)C(=O)O. The molecule has 0 heterocycles. The minimum atomic E-state index is -3.19. The Balaban J connectivity index is 3.30. The summed E-state index contributed by atoms with van der Waals surface area (Å²) in [5.74, 6) is -3.06. The third-order valence-electron chi connectivity index (χ3n) is 2.13. The summed E-state index contributed by atoms with van der Waals surface area (Å²) in [6.45, 7) is -2.03. The summed E-state index contributed by atoms with van der Waals surface area (Å²) in [5.41, 5.74) is -0.768. The summed E-state index contributed by atoms with van der Waals surface area (Å²) in [7, 11) is 0. The first kappa shape index (κ1) is 13.3. The average molecular weight is 250 g/mol. The third-order valence-corrected chi connectivity index (χ3v) is 2.13. The maximum Gasteiger partial charge on any atom is 0.387 e. The van der Waals surface area contributed by atoms with Crippen LogP contribution in [0.2, 0.25) is 0 Å². The van der Waals surface area contributed by atoms with E-state index in [1.165, 1.54) is 0 Å². The van der Waals surface area contributed by atoms with E-state index in [0.717, 1.165) is 19.1 Å². The second kappa shape index (κ2) is 5.05. The Morgan fingerprint density at radius 2 is 2.00 bits per heavy atom. The van der Waals surface area contributed by atoms with Gasteiger partial charge in [0.15, 0.2) is 6.10 Å². The summed E-state index contributed by atoms with van der Waals surface area (Å²) in [6.07, 6.45) is -2.13. The smallest absolute Gasteiger partial charge is 0.387 e. The topological polar surface area (TPSA) is 66.8 Å². The lowest BCUT2D eigenvalue weighted by Gasteiger charge is -2.15. The van der Waals surface area contributed by atoms with Crippen LogP contribution in [0.3, 0.4) is 0 Å². The molecule has 0 aliphatic carbocycles. The highest BCUT2D eigenvalue weighted by atomic mass is 19.3. The molecule has 0 amide bonds. The van der Waals surface area contributed by atoms with Crippen LogP contribution in [0.15, 0.2) is 12.1 Å². The lowest BCUT2D eigenvalue weighted by molar-refractivity contribution is -0.147. The van der Waals surface area contributed by atoms with Crippen molar-refractivity contribution in [1.82, 2.24) is 0 Å². The molecule has 7 heteroatoms. The van der Waals surface area contributed by atoms with Gasteiger partial charge in [-0.3, -0.25) is 0 Å². The van der Waals surface area contributed by atoms with Crippen LogP contribution in [-0.2, 0) is 4.79 Å². The van der Waals surface area contributed by atoms with Crippen molar-refractivity contribution in [3.8, 4) is 5.75 Å². The lowest BCUT2D eigenvalue weighted by atomic mass is 10.0. The van der Waals surface area contributed by atoms with Gasteiger partial charge in [-0.25, -0.2) is 9.18 Å². The number of hydrogen-bond acceptors (Lipinski definition) is 3. The van der Waals surface area contributed by atoms with Gasteiger partial charge in [0.2, 0.25) is 0 Å². The van der Waals surface area contributed by atoms with Gasteiger partial charge >= 0.3 is 12.6 Å². The minimum Gasteiger partial charge on any atom is -0.479 e. The van der Waals surface area contributed by atoms with Crippen LogP contribution in [0.1, 0.15) is 17.2 Å². The summed E-state index contributed by atoms with van der Waals surface area (Å²) in [5, 5.41) is 17.9. The van der Waals surface area contributed by atoms with Crippen LogP contribution in [0, 0.1) is 12.7 Å². The molecule has 0 aromatic heterocycles. The zero-order chi connectivity index (χ0) is 13.2. The fourth-order valence-electron chi connectivity index (χ4n) is 1.34. The summed E-state index contributed by atoms with van der Waals surface area (Å²) >= 11 is 0. The van der Waals surface area contributed by atoms with E-state index in [4.69, 9.17) is 5.11 Å². The van der Waals surface area contributed by atoms with Crippen LogP contribution in [-0.4, -0.2) is 22.8 Å². The Kier molecular flexibility index (Phi) is 3.95. The Bertz CT molecular complexity index is 434. The molecule has 2 N–H and O–H groups in total. The third kappa shape index (κ3) is 2.88. The first-order valence-corrected chi connectivity index (χ1v) is 4.49. The van der Waals surface area contributed by atoms with E-state index >= 15 is 0 Å². The van der Waals surface area contributed by atoms with Crippen molar-refractivity contribution in [3.05, 3.63) is 29.1 Å². The number of carbonyl (C=O) groups is 1. The van der Waals surface area contributed by atoms with Crippen molar-refractivity contribution in [2.24, 2.45) is 0 Å². The molecule has 0 fully saturated rings. The predicted octanol–water partition coefficient (Wildman–Crippen LogP) is 1.85. The molecular weight excluding hydrogens is 241 g/mol. The number of carboxylic acid groups (broad SMARTS) is 1. The molecule has 4 nitrogen and oxygen atoms in total. The van der Waals surface area contributed by atoms with Crippen LogP contribution in [0.4, 0.5) is 13.2 Å². The van der Waals surface area contributed by atoms with Crippen molar-refractivity contribution in [1.29, 1.82) is 0 Å². The number of aliphatic carboxylic acids is 1. The molecule has 1 rings (SSSR count). The quantitative estimate of drug-likeness (QED) is 0.855. The summed E-state index contributed by atoms with van der Waals surface area (Å²) < 4.78 is 41.3. The summed E-state index contributed by atoms with van der Waals surface area (Å²) in [4.78, 5) is 10.6. The van der Waals surface area contributed by atoms with Crippen LogP contribution >= 0.6 is 0 Å². The predicted molar refractivity (Wildman–Crippen MR) is 50.4 cm³/mol. The van der Waals surface area contributed by atoms with Crippen molar-refractivity contribution >= 4 is 5.97 Å². The monoisotopic (exact) mass is 250 g/mol. The first-order chi connectivity index (χ1) is 7.84. The molecule has 0 radical (unpaired) electrons. The second-order valence-electron chi connectivity index (χ2n) is 3.20. The lowest BCUT2D eigenvalue weighted by Crippen LogP contribution is -2.15. The molecule has 1 atom stereocenters. The highest BCUT2D eigenvalue weighted by molar-refractivity contribution is 5.76. The number of halogens is 3. The van der Waals surface area contributed by atoms with E-state index in [1.54, 1.807) is 0 Å². The standard InChI is InChI=1S/C10H9F3O4/c1-4-5(11)2-3-6(17-10(12)13)7(4)8(14)9(15)16/h2-3,8,10,14H,1H3,(H,15,16). The van der Waals surface area contributed by atoms with Crippen LogP contribution in [0.5, 0.6) is 5.75 Å². The molecule has 0 spiro atoms. The number of aliphatic hydroxyl groups is 1. The van der Waals surface area contributed by atoms with Gasteiger partial charge in [0.1, 0.15) is 11.6 Å². The zero-order valence-electron chi connectivity index (χ0n) is 8.65. The number of ether oxygens (including phenoxy) is 1. The number of rotatable bonds is 4. The molecule has 0 aliphatic heterocycles. The molecule has 0 bridgehead atoms. The van der Waals surface area contributed by atoms with Gasteiger partial charge in [-0.1, -0.05) is 0 Å². The fraction of sp³-hybridized carbons (Fsp3) is 0.300. The second-order valence-corrected chi connectivity index (χ2v) is 3.20. The highest BCUT2D eigenvalue weighted by Gasteiger charge is 2.25. The summed E-state index contributed by atoms with van der Waals surface area (Å²) in [6, 6.07) is 1.70. The maximum atomic E-state index is 13.2. The van der Waals surface area contributed by atoms with E-state index in [9.17, 15) is 23.1 Å². The van der Waals surface area contributed by atoms with Gasteiger partial charge in [0, 0.05) is 5.56 Å².